The van der Waals surface area contributed by atoms with Gasteiger partial charge in [-0.05, 0) is 71.1 Å². The average Bonchev–Trinajstić information content (AvgIpc) is 3.22. The summed E-state index contributed by atoms with van der Waals surface area (Å²) in [7, 11) is 0. The summed E-state index contributed by atoms with van der Waals surface area (Å²) in [6.07, 6.45) is -2.80. The molecule has 0 radical (unpaired) electrons. The molecule has 158 valence electrons. The van der Waals surface area contributed by atoms with Gasteiger partial charge in [0, 0.05) is 5.69 Å². The van der Waals surface area contributed by atoms with E-state index in [2.05, 4.69) is 20.6 Å². The van der Waals surface area contributed by atoms with Crippen LogP contribution >= 0.6 is 22.6 Å². The summed E-state index contributed by atoms with van der Waals surface area (Å²) in [5, 5.41) is 11.1. The van der Waals surface area contributed by atoms with E-state index in [0.29, 0.717) is 17.1 Å². The first kappa shape index (κ1) is 21.1. The van der Waals surface area contributed by atoms with E-state index in [4.69, 9.17) is 4.74 Å². The molecule has 4 rings (SSSR count). The Morgan fingerprint density at radius 1 is 0.968 bits per heavy atom. The molecule has 6 nitrogen and oxygen atoms in total. The van der Waals surface area contributed by atoms with E-state index in [1.54, 1.807) is 33.5 Å². The van der Waals surface area contributed by atoms with Crippen molar-refractivity contribution in [1.82, 2.24) is 20.0 Å². The molecular formula is C21H15F3IN5O. The number of nitrogens with one attached hydrogen (secondary N) is 1. The number of rotatable bonds is 6. The molecule has 31 heavy (non-hydrogen) atoms. The summed E-state index contributed by atoms with van der Waals surface area (Å²) in [5.41, 5.74) is 0.717. The number of pyridine rings is 1. The highest BCUT2D eigenvalue weighted by atomic mass is 127. The Kier molecular flexibility index (Phi) is 6.07. The Hall–Kier alpha value is -3.15. The number of nitrogens with zero attached hydrogens (tertiary/aromatic N) is 4. The van der Waals surface area contributed by atoms with Crippen LogP contribution in [0.1, 0.15) is 11.4 Å². The van der Waals surface area contributed by atoms with E-state index in [1.807, 2.05) is 54.6 Å². The second-order valence-electron chi connectivity index (χ2n) is 6.48. The highest BCUT2D eigenvalue weighted by Crippen LogP contribution is 2.30. The van der Waals surface area contributed by atoms with Crippen LogP contribution in [0.4, 0.5) is 18.9 Å². The van der Waals surface area contributed by atoms with Gasteiger partial charge >= 0.3 is 6.18 Å². The summed E-state index contributed by atoms with van der Waals surface area (Å²) in [4.78, 5) is 3.52. The van der Waals surface area contributed by atoms with Gasteiger partial charge in [0.05, 0.1) is 18.4 Å². The molecule has 0 saturated heterocycles. The molecule has 2 aromatic heterocycles. The predicted octanol–water partition coefficient (Wildman–Crippen LogP) is 5.69. The van der Waals surface area contributed by atoms with Crippen LogP contribution in [-0.4, -0.2) is 20.0 Å². The highest BCUT2D eigenvalue weighted by molar-refractivity contribution is 14.1. The predicted molar refractivity (Wildman–Crippen MR) is 117 cm³/mol. The number of benzene rings is 2. The van der Waals surface area contributed by atoms with E-state index in [1.165, 1.54) is 6.07 Å². The average molecular weight is 537 g/mol. The minimum atomic E-state index is -4.50. The van der Waals surface area contributed by atoms with Gasteiger partial charge < -0.3 is 10.1 Å². The number of hydrogen-bond donors (Lipinski definition) is 1. The SMILES string of the molecule is FC(F)(F)c1cc(NCc2cn(-c3ccc(Oc4ccccc4)cc3)nn2)cc(I)n1. The lowest BCUT2D eigenvalue weighted by Crippen LogP contribution is -2.10. The first-order valence-corrected chi connectivity index (χ1v) is 10.2. The molecule has 0 aliphatic heterocycles. The standard InChI is InChI=1S/C21H15F3IN5O/c22-21(23,24)19-10-14(11-20(25)27-19)26-12-15-13-30(29-28-15)16-6-8-18(9-7-16)31-17-4-2-1-3-5-17/h1-11,13H,12H2,(H,26,27). The summed E-state index contributed by atoms with van der Waals surface area (Å²) in [5.74, 6) is 1.42. The molecule has 1 N–H and O–H groups in total. The Labute approximate surface area is 189 Å². The van der Waals surface area contributed by atoms with Crippen LogP contribution in [0.5, 0.6) is 11.5 Å². The number of para-hydroxylation sites is 1. The van der Waals surface area contributed by atoms with Crippen molar-refractivity contribution >= 4 is 28.3 Å². The second-order valence-corrected chi connectivity index (χ2v) is 7.58. The molecule has 2 aromatic carbocycles. The molecule has 0 unspecified atom stereocenters. The third-order valence-corrected chi connectivity index (χ3v) is 4.73. The largest absolute Gasteiger partial charge is 0.457 e. The van der Waals surface area contributed by atoms with Crippen molar-refractivity contribution in [2.45, 2.75) is 12.7 Å². The third-order valence-electron chi connectivity index (χ3n) is 4.18. The third kappa shape index (κ3) is 5.51. The number of ether oxygens (including phenoxy) is 1. The minimum absolute atomic E-state index is 0.215. The zero-order valence-electron chi connectivity index (χ0n) is 15.8. The Morgan fingerprint density at radius 2 is 1.68 bits per heavy atom. The van der Waals surface area contributed by atoms with Gasteiger partial charge in [0.1, 0.15) is 26.6 Å². The quantitative estimate of drug-likeness (QED) is 0.253. The molecule has 4 aromatic rings. The molecule has 0 spiro atoms. The maximum Gasteiger partial charge on any atom is 0.433 e. The molecule has 10 heteroatoms. The molecule has 0 fully saturated rings. The Balaban J connectivity index is 1.41. The molecular weight excluding hydrogens is 522 g/mol. The zero-order valence-corrected chi connectivity index (χ0v) is 18.0. The maximum absolute atomic E-state index is 12.9. The van der Waals surface area contributed by atoms with Gasteiger partial charge in [-0.2, -0.15) is 13.2 Å². The molecule has 0 atom stereocenters. The highest BCUT2D eigenvalue weighted by Gasteiger charge is 2.33. The fourth-order valence-corrected chi connectivity index (χ4v) is 3.33. The number of halogens is 4. The van der Waals surface area contributed by atoms with E-state index >= 15 is 0 Å². The normalized spacial score (nSPS) is 11.4. The van der Waals surface area contributed by atoms with Gasteiger partial charge in [-0.15, -0.1) is 5.10 Å². The van der Waals surface area contributed by atoms with Gasteiger partial charge in [-0.25, -0.2) is 9.67 Å². The van der Waals surface area contributed by atoms with E-state index < -0.39 is 11.9 Å². The lowest BCUT2D eigenvalue weighted by molar-refractivity contribution is -0.141. The van der Waals surface area contributed by atoms with Crippen LogP contribution in [0.2, 0.25) is 0 Å². The topological polar surface area (TPSA) is 64.9 Å². The molecule has 0 amide bonds. The van der Waals surface area contributed by atoms with E-state index in [0.717, 1.165) is 17.5 Å². The fourth-order valence-electron chi connectivity index (χ4n) is 2.73. The number of aromatic nitrogens is 4. The number of anilines is 1. The van der Waals surface area contributed by atoms with Crippen molar-refractivity contribution in [3.63, 3.8) is 0 Å². The molecule has 0 saturated carbocycles. The number of alkyl halides is 3. The van der Waals surface area contributed by atoms with Crippen molar-refractivity contribution in [3.05, 3.63) is 88.0 Å². The van der Waals surface area contributed by atoms with Crippen LogP contribution in [0.15, 0.2) is 72.9 Å². The Bertz CT molecular complexity index is 1160. The van der Waals surface area contributed by atoms with Crippen LogP contribution in [-0.2, 0) is 12.7 Å². The van der Waals surface area contributed by atoms with Gasteiger partial charge in [-0.1, -0.05) is 23.4 Å². The van der Waals surface area contributed by atoms with Crippen molar-refractivity contribution in [1.29, 1.82) is 0 Å². The van der Waals surface area contributed by atoms with Gasteiger partial charge in [0.15, 0.2) is 0 Å². The summed E-state index contributed by atoms with van der Waals surface area (Å²) < 4.78 is 46.4. The van der Waals surface area contributed by atoms with Gasteiger partial charge in [0.2, 0.25) is 0 Å². The van der Waals surface area contributed by atoms with Gasteiger partial charge in [-0.3, -0.25) is 0 Å². The lowest BCUT2D eigenvalue weighted by Gasteiger charge is -2.10. The zero-order chi connectivity index (χ0) is 21.8. The summed E-state index contributed by atoms with van der Waals surface area (Å²) in [6, 6.07) is 19.3. The smallest absolute Gasteiger partial charge is 0.433 e. The van der Waals surface area contributed by atoms with E-state index in [-0.39, 0.29) is 10.2 Å². The van der Waals surface area contributed by atoms with Gasteiger partial charge in [0.25, 0.3) is 0 Å². The van der Waals surface area contributed by atoms with Crippen LogP contribution < -0.4 is 10.1 Å². The van der Waals surface area contributed by atoms with Crippen molar-refractivity contribution < 1.29 is 17.9 Å². The molecule has 0 aliphatic carbocycles. The van der Waals surface area contributed by atoms with Crippen LogP contribution in [0.25, 0.3) is 5.69 Å². The molecule has 0 aliphatic rings. The lowest BCUT2D eigenvalue weighted by atomic mass is 10.3. The molecule has 0 bridgehead atoms. The van der Waals surface area contributed by atoms with Crippen molar-refractivity contribution in [2.24, 2.45) is 0 Å². The first-order chi connectivity index (χ1) is 14.9. The van der Waals surface area contributed by atoms with Crippen molar-refractivity contribution in [3.8, 4) is 17.2 Å². The molecule has 2 heterocycles. The second kappa shape index (κ2) is 8.92. The summed E-state index contributed by atoms with van der Waals surface area (Å²) in [6.45, 7) is 0.215. The summed E-state index contributed by atoms with van der Waals surface area (Å²) >= 11 is 1.75. The first-order valence-electron chi connectivity index (χ1n) is 9.10. The van der Waals surface area contributed by atoms with Crippen molar-refractivity contribution in [2.75, 3.05) is 5.32 Å². The maximum atomic E-state index is 12.9. The minimum Gasteiger partial charge on any atom is -0.457 e. The Morgan fingerprint density at radius 3 is 2.39 bits per heavy atom. The number of hydrogen-bond acceptors (Lipinski definition) is 5. The van der Waals surface area contributed by atoms with Crippen LogP contribution in [0.3, 0.4) is 0 Å². The monoisotopic (exact) mass is 537 g/mol. The van der Waals surface area contributed by atoms with Crippen LogP contribution in [0, 0.1) is 3.70 Å². The van der Waals surface area contributed by atoms with E-state index in [9.17, 15) is 13.2 Å². The fraction of sp³-hybridized carbons (Fsp3) is 0.0952.